The molecule has 0 saturated heterocycles. The summed E-state index contributed by atoms with van der Waals surface area (Å²) in [6.07, 6.45) is 0.291. The van der Waals surface area contributed by atoms with Gasteiger partial charge in [-0.05, 0) is 41.8 Å². The monoisotopic (exact) mass is 291 g/mol. The third-order valence-electron chi connectivity index (χ3n) is 3.09. The van der Waals surface area contributed by atoms with E-state index in [1.54, 1.807) is 36.4 Å². The minimum atomic E-state index is -0.918. The molecule has 2 aromatic carbocycles. The van der Waals surface area contributed by atoms with Crippen LogP contribution in [0, 0.1) is 0 Å². The van der Waals surface area contributed by atoms with E-state index in [4.69, 9.17) is 17.3 Å². The van der Waals surface area contributed by atoms with E-state index in [1.165, 1.54) is 6.07 Å². The number of hydrogen-bond donors (Lipinski definition) is 3. The molecule has 0 saturated carbocycles. The van der Waals surface area contributed by atoms with E-state index in [1.807, 2.05) is 0 Å². The molecule has 0 heterocycles. The molecule has 5 heteroatoms. The predicted octanol–water partition coefficient (Wildman–Crippen LogP) is 3.04. The molecule has 0 aliphatic heterocycles. The van der Waals surface area contributed by atoms with Gasteiger partial charge < -0.3 is 15.9 Å². The molecule has 4 nitrogen and oxygen atoms in total. The highest BCUT2D eigenvalue weighted by Gasteiger charge is 2.20. The second kappa shape index (κ2) is 5.84. The number of carboxylic acids is 1. The Morgan fingerprint density at radius 1 is 1.20 bits per heavy atom. The van der Waals surface area contributed by atoms with Gasteiger partial charge in [0.05, 0.1) is 10.9 Å². The SMILES string of the molecule is Nc1ccc(C(Cc2ccc(O)c(Cl)c2)C(=O)O)cc1. The third-order valence-corrected chi connectivity index (χ3v) is 3.39. The summed E-state index contributed by atoms with van der Waals surface area (Å²) in [5.74, 6) is -1.62. The number of phenolic OH excluding ortho intramolecular Hbond substituents is 1. The van der Waals surface area contributed by atoms with Crippen LogP contribution in [0.3, 0.4) is 0 Å². The largest absolute Gasteiger partial charge is 0.506 e. The van der Waals surface area contributed by atoms with E-state index in [9.17, 15) is 15.0 Å². The van der Waals surface area contributed by atoms with E-state index in [-0.39, 0.29) is 10.8 Å². The standard InChI is InChI=1S/C15H14ClNO3/c16-13-8-9(1-6-14(13)18)7-12(15(19)20)10-2-4-11(17)5-3-10/h1-6,8,12,18H,7,17H2,(H,19,20). The molecule has 0 bridgehead atoms. The Morgan fingerprint density at radius 2 is 1.85 bits per heavy atom. The first-order valence-electron chi connectivity index (χ1n) is 6.03. The second-order valence-electron chi connectivity index (χ2n) is 4.55. The fourth-order valence-corrected chi connectivity index (χ4v) is 2.19. The zero-order valence-corrected chi connectivity index (χ0v) is 11.3. The molecule has 0 spiro atoms. The van der Waals surface area contributed by atoms with Gasteiger partial charge in [-0.1, -0.05) is 29.8 Å². The Balaban J connectivity index is 2.27. The van der Waals surface area contributed by atoms with Crippen LogP contribution in [0.1, 0.15) is 17.0 Å². The van der Waals surface area contributed by atoms with Gasteiger partial charge in [0, 0.05) is 5.69 Å². The van der Waals surface area contributed by atoms with E-state index in [0.29, 0.717) is 17.7 Å². The van der Waals surface area contributed by atoms with Crippen molar-refractivity contribution in [2.75, 3.05) is 5.73 Å². The molecule has 2 aromatic rings. The first-order chi connectivity index (χ1) is 9.47. The van der Waals surface area contributed by atoms with Gasteiger partial charge in [-0.25, -0.2) is 0 Å². The average molecular weight is 292 g/mol. The summed E-state index contributed by atoms with van der Waals surface area (Å²) in [6, 6.07) is 11.5. The molecule has 104 valence electrons. The number of halogens is 1. The molecule has 0 aliphatic carbocycles. The van der Waals surface area contributed by atoms with E-state index >= 15 is 0 Å². The Labute approximate surface area is 121 Å². The van der Waals surface area contributed by atoms with E-state index in [2.05, 4.69) is 0 Å². The number of nitrogen functional groups attached to an aromatic ring is 1. The van der Waals surface area contributed by atoms with Gasteiger partial charge in [-0.15, -0.1) is 0 Å². The molecular weight excluding hydrogens is 278 g/mol. The van der Waals surface area contributed by atoms with Crippen molar-refractivity contribution in [1.82, 2.24) is 0 Å². The van der Waals surface area contributed by atoms with Crippen molar-refractivity contribution in [3.63, 3.8) is 0 Å². The Kier molecular flexibility index (Phi) is 4.15. The number of phenols is 1. The van der Waals surface area contributed by atoms with Crippen molar-refractivity contribution < 1.29 is 15.0 Å². The van der Waals surface area contributed by atoms with Gasteiger partial charge in [0.2, 0.25) is 0 Å². The number of carbonyl (C=O) groups is 1. The van der Waals surface area contributed by atoms with Crippen molar-refractivity contribution in [2.24, 2.45) is 0 Å². The first kappa shape index (κ1) is 14.2. The number of rotatable bonds is 4. The normalized spacial score (nSPS) is 12.1. The number of benzene rings is 2. The number of nitrogens with two attached hydrogens (primary N) is 1. The van der Waals surface area contributed by atoms with Crippen molar-refractivity contribution in [3.8, 4) is 5.75 Å². The molecule has 0 aliphatic rings. The number of hydrogen-bond acceptors (Lipinski definition) is 3. The van der Waals surface area contributed by atoms with Crippen LogP contribution in [0.25, 0.3) is 0 Å². The van der Waals surface area contributed by atoms with Crippen LogP contribution in [-0.4, -0.2) is 16.2 Å². The predicted molar refractivity (Wildman–Crippen MR) is 78.1 cm³/mol. The lowest BCUT2D eigenvalue weighted by Crippen LogP contribution is -2.14. The van der Waals surface area contributed by atoms with Crippen LogP contribution in [0.15, 0.2) is 42.5 Å². The molecule has 2 rings (SSSR count). The summed E-state index contributed by atoms with van der Waals surface area (Å²) < 4.78 is 0. The lowest BCUT2D eigenvalue weighted by Gasteiger charge is -2.13. The summed E-state index contributed by atoms with van der Waals surface area (Å²) in [6.45, 7) is 0. The Morgan fingerprint density at radius 3 is 2.40 bits per heavy atom. The van der Waals surface area contributed by atoms with Crippen LogP contribution < -0.4 is 5.73 Å². The van der Waals surface area contributed by atoms with Crippen molar-refractivity contribution in [3.05, 3.63) is 58.6 Å². The summed E-state index contributed by atoms with van der Waals surface area (Å²) in [7, 11) is 0. The van der Waals surface area contributed by atoms with Crippen molar-refractivity contribution in [2.45, 2.75) is 12.3 Å². The van der Waals surface area contributed by atoms with Gasteiger partial charge in [0.15, 0.2) is 0 Å². The maximum atomic E-state index is 11.4. The lowest BCUT2D eigenvalue weighted by atomic mass is 9.92. The van der Waals surface area contributed by atoms with E-state index in [0.717, 1.165) is 5.56 Å². The van der Waals surface area contributed by atoms with Crippen molar-refractivity contribution >= 4 is 23.3 Å². The third kappa shape index (κ3) is 3.22. The van der Waals surface area contributed by atoms with Gasteiger partial charge in [0.1, 0.15) is 5.75 Å². The fraction of sp³-hybridized carbons (Fsp3) is 0.133. The molecule has 0 fully saturated rings. The second-order valence-corrected chi connectivity index (χ2v) is 4.95. The number of carboxylic acid groups (broad SMARTS) is 1. The van der Waals surface area contributed by atoms with Crippen LogP contribution >= 0.6 is 11.6 Å². The molecule has 0 aromatic heterocycles. The average Bonchev–Trinajstić information content (AvgIpc) is 2.41. The number of aromatic hydroxyl groups is 1. The highest BCUT2D eigenvalue weighted by atomic mass is 35.5. The molecule has 20 heavy (non-hydrogen) atoms. The zero-order chi connectivity index (χ0) is 14.7. The van der Waals surface area contributed by atoms with Crippen LogP contribution in [-0.2, 0) is 11.2 Å². The summed E-state index contributed by atoms with van der Waals surface area (Å²) in [5.41, 5.74) is 7.61. The van der Waals surface area contributed by atoms with Crippen molar-refractivity contribution in [1.29, 1.82) is 0 Å². The minimum absolute atomic E-state index is 0.0187. The quantitative estimate of drug-likeness (QED) is 0.756. The summed E-state index contributed by atoms with van der Waals surface area (Å²) in [5, 5.41) is 19.0. The highest BCUT2D eigenvalue weighted by Crippen LogP contribution is 2.28. The van der Waals surface area contributed by atoms with E-state index < -0.39 is 11.9 Å². The van der Waals surface area contributed by atoms with Gasteiger partial charge in [-0.3, -0.25) is 4.79 Å². The Hall–Kier alpha value is -2.20. The highest BCUT2D eigenvalue weighted by molar-refractivity contribution is 6.32. The molecule has 4 N–H and O–H groups in total. The summed E-state index contributed by atoms with van der Waals surface area (Å²) in [4.78, 5) is 11.4. The minimum Gasteiger partial charge on any atom is -0.506 e. The first-order valence-corrected chi connectivity index (χ1v) is 6.41. The van der Waals surface area contributed by atoms with Crippen LogP contribution in [0.2, 0.25) is 5.02 Å². The molecular formula is C15H14ClNO3. The maximum absolute atomic E-state index is 11.4. The lowest BCUT2D eigenvalue weighted by molar-refractivity contribution is -0.138. The van der Waals surface area contributed by atoms with Gasteiger partial charge >= 0.3 is 5.97 Å². The van der Waals surface area contributed by atoms with Crippen LogP contribution in [0.5, 0.6) is 5.75 Å². The molecule has 0 amide bonds. The maximum Gasteiger partial charge on any atom is 0.311 e. The topological polar surface area (TPSA) is 83.5 Å². The fourth-order valence-electron chi connectivity index (χ4n) is 1.99. The smallest absolute Gasteiger partial charge is 0.311 e. The zero-order valence-electron chi connectivity index (χ0n) is 10.6. The Bertz CT molecular complexity index is 626. The molecule has 1 unspecified atom stereocenters. The van der Waals surface area contributed by atoms with Gasteiger partial charge in [-0.2, -0.15) is 0 Å². The van der Waals surface area contributed by atoms with Crippen LogP contribution in [0.4, 0.5) is 5.69 Å². The summed E-state index contributed by atoms with van der Waals surface area (Å²) >= 11 is 5.83. The molecule has 1 atom stereocenters. The van der Waals surface area contributed by atoms with Gasteiger partial charge in [0.25, 0.3) is 0 Å². The number of aliphatic carboxylic acids is 1. The number of anilines is 1. The molecule has 0 radical (unpaired) electrons.